The highest BCUT2D eigenvalue weighted by Gasteiger charge is 2.35. The van der Waals surface area contributed by atoms with Crippen LogP contribution in [-0.2, 0) is 11.9 Å². The van der Waals surface area contributed by atoms with E-state index in [9.17, 15) is 18.0 Å². The average Bonchev–Trinajstić information content (AvgIpc) is 2.92. The van der Waals surface area contributed by atoms with Gasteiger partial charge in [0.1, 0.15) is 16.1 Å². The van der Waals surface area contributed by atoms with Crippen LogP contribution in [0.4, 0.5) is 13.2 Å². The van der Waals surface area contributed by atoms with Crippen molar-refractivity contribution in [1.82, 2.24) is 19.6 Å². The number of pyridine rings is 1. The molecule has 0 saturated carbocycles. The predicted octanol–water partition coefficient (Wildman–Crippen LogP) is 3.35. The first kappa shape index (κ1) is 18.3. The van der Waals surface area contributed by atoms with Crippen LogP contribution in [0.2, 0.25) is 0 Å². The monoisotopic (exact) mass is 397 g/mol. The molecule has 0 fully saturated rings. The van der Waals surface area contributed by atoms with Crippen LogP contribution < -0.4 is 5.56 Å². The second kappa shape index (κ2) is 6.69. The van der Waals surface area contributed by atoms with Gasteiger partial charge in [0.25, 0.3) is 5.56 Å². The minimum absolute atomic E-state index is 0.0395. The minimum atomic E-state index is -4.65. The van der Waals surface area contributed by atoms with Crippen LogP contribution in [0.1, 0.15) is 27.5 Å². The molecule has 3 heterocycles. The summed E-state index contributed by atoms with van der Waals surface area (Å²) in [6.45, 7) is 3.17. The fourth-order valence-electron chi connectivity index (χ4n) is 2.25. The molecule has 0 aliphatic heterocycles. The highest BCUT2D eigenvalue weighted by Crippen LogP contribution is 2.36. The topological polar surface area (TPSA) is 83.9 Å². The smallest absolute Gasteiger partial charge is 0.267 e. The molecule has 0 amide bonds. The summed E-state index contributed by atoms with van der Waals surface area (Å²) in [5, 5.41) is 13.8. The number of hydrogen-bond acceptors (Lipinski definition) is 7. The van der Waals surface area contributed by atoms with Gasteiger partial charge < -0.3 is 0 Å². The van der Waals surface area contributed by atoms with E-state index in [0.717, 1.165) is 17.8 Å². The quantitative estimate of drug-likeness (QED) is 0.630. The van der Waals surface area contributed by atoms with Gasteiger partial charge in [-0.3, -0.25) is 4.79 Å². The molecule has 0 unspecified atom stereocenters. The maximum Gasteiger partial charge on any atom is 0.417 e. The Labute approximate surface area is 153 Å². The summed E-state index contributed by atoms with van der Waals surface area (Å²) >= 11 is 2.17. The van der Waals surface area contributed by atoms with E-state index in [1.54, 1.807) is 13.0 Å². The summed E-state index contributed by atoms with van der Waals surface area (Å²) in [6.07, 6.45) is -4.65. The van der Waals surface area contributed by atoms with E-state index in [-0.39, 0.29) is 22.0 Å². The average molecular weight is 397 g/mol. The van der Waals surface area contributed by atoms with Crippen LogP contribution in [0.15, 0.2) is 22.0 Å². The van der Waals surface area contributed by atoms with Crippen molar-refractivity contribution in [3.05, 3.63) is 50.0 Å². The Kier molecular flexibility index (Phi) is 4.72. The van der Waals surface area contributed by atoms with Crippen molar-refractivity contribution >= 4 is 28.1 Å². The van der Waals surface area contributed by atoms with Crippen molar-refractivity contribution in [2.24, 2.45) is 0 Å². The number of rotatable bonds is 3. The molecule has 3 aromatic heterocycles. The van der Waals surface area contributed by atoms with Gasteiger partial charge in [0.2, 0.25) is 4.96 Å². The van der Waals surface area contributed by atoms with Crippen molar-refractivity contribution in [2.45, 2.75) is 30.8 Å². The molecule has 3 aromatic rings. The van der Waals surface area contributed by atoms with Crippen LogP contribution in [0.5, 0.6) is 0 Å². The molecular formula is C15H10F3N5OS2. The van der Waals surface area contributed by atoms with Gasteiger partial charge in [0.15, 0.2) is 0 Å². The number of aryl methyl sites for hydroxylation is 2. The highest BCUT2D eigenvalue weighted by molar-refractivity contribution is 7.98. The number of thioether (sulfide) groups is 1. The van der Waals surface area contributed by atoms with E-state index in [1.807, 2.05) is 0 Å². The summed E-state index contributed by atoms with van der Waals surface area (Å²) in [7, 11) is 0. The molecule has 0 N–H and O–H groups in total. The van der Waals surface area contributed by atoms with Crippen LogP contribution in [-0.4, -0.2) is 19.6 Å². The van der Waals surface area contributed by atoms with E-state index in [0.29, 0.717) is 15.7 Å². The molecule has 6 nitrogen and oxygen atoms in total. The molecule has 11 heteroatoms. The SMILES string of the molecule is Cc1cc(C(F)(F)F)c(C#N)c(SCc2cc(=O)n3nc(C)sc3n2)n1. The molecule has 3 rings (SSSR count). The van der Waals surface area contributed by atoms with Crippen LogP contribution in [0, 0.1) is 25.2 Å². The molecule has 0 aromatic carbocycles. The van der Waals surface area contributed by atoms with Gasteiger partial charge >= 0.3 is 6.18 Å². The number of hydrogen-bond donors (Lipinski definition) is 0. The number of alkyl halides is 3. The zero-order chi connectivity index (χ0) is 19.1. The largest absolute Gasteiger partial charge is 0.417 e. The lowest BCUT2D eigenvalue weighted by atomic mass is 10.1. The van der Waals surface area contributed by atoms with Gasteiger partial charge in [-0.05, 0) is 19.9 Å². The van der Waals surface area contributed by atoms with Crippen molar-refractivity contribution in [3.8, 4) is 6.07 Å². The third kappa shape index (κ3) is 3.56. The first-order chi connectivity index (χ1) is 12.2. The lowest BCUT2D eigenvalue weighted by Gasteiger charge is -2.12. The second-order valence-corrected chi connectivity index (χ2v) is 7.41. The lowest BCUT2D eigenvalue weighted by Crippen LogP contribution is -2.15. The number of aromatic nitrogens is 4. The van der Waals surface area contributed by atoms with Crippen molar-refractivity contribution in [3.63, 3.8) is 0 Å². The minimum Gasteiger partial charge on any atom is -0.267 e. The van der Waals surface area contributed by atoms with Crippen molar-refractivity contribution in [2.75, 3.05) is 0 Å². The molecule has 26 heavy (non-hydrogen) atoms. The third-order valence-corrected chi connectivity index (χ3v) is 5.12. The van der Waals surface area contributed by atoms with E-state index in [1.165, 1.54) is 28.8 Å². The Balaban J connectivity index is 1.96. The zero-order valence-corrected chi connectivity index (χ0v) is 15.1. The van der Waals surface area contributed by atoms with Gasteiger partial charge in [-0.1, -0.05) is 23.1 Å². The molecular weight excluding hydrogens is 387 g/mol. The van der Waals surface area contributed by atoms with Crippen LogP contribution in [0.3, 0.4) is 0 Å². The Morgan fingerprint density at radius 2 is 2.04 bits per heavy atom. The van der Waals surface area contributed by atoms with E-state index in [4.69, 9.17) is 5.26 Å². The van der Waals surface area contributed by atoms with Gasteiger partial charge in [-0.2, -0.15) is 28.0 Å². The lowest BCUT2D eigenvalue weighted by molar-refractivity contribution is -0.138. The van der Waals surface area contributed by atoms with Gasteiger partial charge in [-0.25, -0.2) is 9.97 Å². The first-order valence-corrected chi connectivity index (χ1v) is 8.97. The van der Waals surface area contributed by atoms with Gasteiger partial charge in [-0.15, -0.1) is 0 Å². The van der Waals surface area contributed by atoms with Gasteiger partial charge in [0.05, 0.1) is 16.8 Å². The van der Waals surface area contributed by atoms with Crippen molar-refractivity contribution in [1.29, 1.82) is 5.26 Å². The molecule has 0 bridgehead atoms. The standard InChI is InChI=1S/C15H10F3N5OS2/c1-7-3-11(15(16,17)18)10(5-19)13(20-7)25-6-9-4-12(24)23-14(21-9)26-8(2)22-23/h3-4H,6H2,1-2H3. The van der Waals surface area contributed by atoms with Gasteiger partial charge in [0, 0.05) is 17.5 Å². The zero-order valence-electron chi connectivity index (χ0n) is 13.5. The molecule has 0 saturated heterocycles. The highest BCUT2D eigenvalue weighted by atomic mass is 32.2. The van der Waals surface area contributed by atoms with Crippen molar-refractivity contribution < 1.29 is 13.2 Å². The normalized spacial score (nSPS) is 11.7. The van der Waals surface area contributed by atoms with E-state index < -0.39 is 17.3 Å². The second-order valence-electron chi connectivity index (χ2n) is 5.29. The Bertz CT molecular complexity index is 1100. The summed E-state index contributed by atoms with van der Waals surface area (Å²) in [5.74, 6) is 0.102. The van der Waals surface area contributed by atoms with E-state index in [2.05, 4.69) is 15.1 Å². The molecule has 0 atom stereocenters. The first-order valence-electron chi connectivity index (χ1n) is 7.17. The Morgan fingerprint density at radius 1 is 1.31 bits per heavy atom. The molecule has 0 spiro atoms. The van der Waals surface area contributed by atoms with E-state index >= 15 is 0 Å². The fourth-order valence-corrected chi connectivity index (χ4v) is 3.96. The Hall–Kier alpha value is -2.45. The summed E-state index contributed by atoms with van der Waals surface area (Å²) in [5.41, 5.74) is -1.38. The molecule has 0 radical (unpaired) electrons. The number of nitrogens with zero attached hydrogens (tertiary/aromatic N) is 5. The predicted molar refractivity (Wildman–Crippen MR) is 90.1 cm³/mol. The summed E-state index contributed by atoms with van der Waals surface area (Å²) < 4.78 is 40.6. The number of halogens is 3. The Morgan fingerprint density at radius 3 is 2.69 bits per heavy atom. The maximum absolute atomic E-state index is 13.1. The van der Waals surface area contributed by atoms with Crippen LogP contribution in [0.25, 0.3) is 4.96 Å². The van der Waals surface area contributed by atoms with Crippen LogP contribution >= 0.6 is 23.1 Å². The molecule has 0 aliphatic carbocycles. The molecule has 134 valence electrons. The summed E-state index contributed by atoms with van der Waals surface area (Å²) in [6, 6.07) is 3.70. The molecule has 0 aliphatic rings. The third-order valence-electron chi connectivity index (χ3n) is 3.29. The number of nitriles is 1. The summed E-state index contributed by atoms with van der Waals surface area (Å²) in [4.78, 5) is 20.8. The maximum atomic E-state index is 13.1. The number of fused-ring (bicyclic) bond motifs is 1. The fraction of sp³-hybridized carbons (Fsp3) is 0.267.